The van der Waals surface area contributed by atoms with Gasteiger partial charge >= 0.3 is 0 Å². The summed E-state index contributed by atoms with van der Waals surface area (Å²) in [5, 5.41) is 2.18. The van der Waals surface area contributed by atoms with Crippen LogP contribution in [0.2, 0.25) is 0 Å². The van der Waals surface area contributed by atoms with Crippen molar-refractivity contribution in [3.63, 3.8) is 0 Å². The van der Waals surface area contributed by atoms with Gasteiger partial charge in [0.25, 0.3) is 0 Å². The van der Waals surface area contributed by atoms with Crippen molar-refractivity contribution in [2.24, 2.45) is 0 Å². The normalized spacial score (nSPS) is 15.9. The van der Waals surface area contributed by atoms with Gasteiger partial charge in [0.1, 0.15) is 11.5 Å². The number of para-hydroxylation sites is 1. The van der Waals surface area contributed by atoms with E-state index in [1.54, 1.807) is 14.2 Å². The van der Waals surface area contributed by atoms with Gasteiger partial charge < -0.3 is 9.47 Å². The lowest BCUT2D eigenvalue weighted by Gasteiger charge is -2.27. The van der Waals surface area contributed by atoms with Crippen molar-refractivity contribution in [1.82, 2.24) is 5.43 Å². The summed E-state index contributed by atoms with van der Waals surface area (Å²) in [6, 6.07) is 26.6. The number of rotatable bonds is 6. The molecule has 1 atom stereocenters. The Hall–Kier alpha value is -3.66. The molecule has 3 aromatic rings. The van der Waals surface area contributed by atoms with Crippen LogP contribution in [0.25, 0.3) is 6.08 Å². The summed E-state index contributed by atoms with van der Waals surface area (Å²) >= 11 is 0. The molecular formula is C25H24N2O2. The summed E-state index contributed by atoms with van der Waals surface area (Å²) in [5.41, 5.74) is 7.99. The first-order chi connectivity index (χ1) is 14.3. The molecule has 1 aliphatic heterocycles. The van der Waals surface area contributed by atoms with Crippen LogP contribution in [0, 0.1) is 0 Å². The van der Waals surface area contributed by atoms with Crippen molar-refractivity contribution in [1.29, 1.82) is 0 Å². The standard InChI is InChI=1S/C25H24N2O2/c1-28-23-14-9-19(10-15-23)8-13-21-18-25(20-11-16-24(29-2)17-12-20)27(26-21)22-6-4-3-5-7-22/h3-18,25-26H,1-2H3/b13-8+/t25-/m0/s1. The highest BCUT2D eigenvalue weighted by molar-refractivity contribution is 5.58. The van der Waals surface area contributed by atoms with Gasteiger partial charge in [0.05, 0.1) is 31.6 Å². The van der Waals surface area contributed by atoms with E-state index < -0.39 is 0 Å². The van der Waals surface area contributed by atoms with E-state index in [1.807, 2.05) is 54.6 Å². The molecule has 0 bridgehead atoms. The van der Waals surface area contributed by atoms with Gasteiger partial charge in [0, 0.05) is 0 Å². The van der Waals surface area contributed by atoms with Crippen LogP contribution >= 0.6 is 0 Å². The molecule has 0 spiro atoms. The molecule has 0 saturated heterocycles. The van der Waals surface area contributed by atoms with Crippen molar-refractivity contribution in [2.45, 2.75) is 6.04 Å². The smallest absolute Gasteiger partial charge is 0.118 e. The third kappa shape index (κ3) is 4.27. The zero-order valence-corrected chi connectivity index (χ0v) is 16.6. The second kappa shape index (κ2) is 8.57. The van der Waals surface area contributed by atoms with Crippen LogP contribution in [0.1, 0.15) is 17.2 Å². The molecule has 1 N–H and O–H groups in total. The lowest BCUT2D eigenvalue weighted by Crippen LogP contribution is -2.33. The van der Waals surface area contributed by atoms with Gasteiger partial charge in [0.2, 0.25) is 0 Å². The Morgan fingerprint density at radius 3 is 2.00 bits per heavy atom. The number of hydrazine groups is 1. The number of allylic oxidation sites excluding steroid dienone is 1. The van der Waals surface area contributed by atoms with E-state index in [0.717, 1.165) is 28.4 Å². The summed E-state index contributed by atoms with van der Waals surface area (Å²) in [5.74, 6) is 1.71. The predicted octanol–water partition coefficient (Wildman–Crippen LogP) is 5.37. The van der Waals surface area contributed by atoms with E-state index in [2.05, 4.69) is 52.9 Å². The maximum absolute atomic E-state index is 5.30. The molecule has 1 heterocycles. The largest absolute Gasteiger partial charge is 0.497 e. The highest BCUT2D eigenvalue weighted by Gasteiger charge is 2.25. The van der Waals surface area contributed by atoms with Crippen LogP contribution in [0.4, 0.5) is 5.69 Å². The SMILES string of the molecule is COc1ccc(/C=C/C2=C[C@@H](c3ccc(OC)cc3)N(c3ccccc3)N2)cc1. The molecule has 0 amide bonds. The maximum Gasteiger partial charge on any atom is 0.118 e. The lowest BCUT2D eigenvalue weighted by atomic mass is 10.1. The van der Waals surface area contributed by atoms with Gasteiger partial charge in [0.15, 0.2) is 0 Å². The zero-order chi connectivity index (χ0) is 20.1. The number of hydrogen-bond donors (Lipinski definition) is 1. The van der Waals surface area contributed by atoms with Gasteiger partial charge in [-0.3, -0.25) is 10.4 Å². The third-order valence-electron chi connectivity index (χ3n) is 4.93. The van der Waals surface area contributed by atoms with Crippen molar-refractivity contribution >= 4 is 11.8 Å². The highest BCUT2D eigenvalue weighted by atomic mass is 16.5. The number of methoxy groups -OCH3 is 2. The molecule has 4 heteroatoms. The Labute approximate surface area is 171 Å². The minimum absolute atomic E-state index is 0.0822. The van der Waals surface area contributed by atoms with Crippen LogP contribution < -0.4 is 19.9 Å². The molecule has 0 radical (unpaired) electrons. The first kappa shape index (κ1) is 18.7. The van der Waals surface area contributed by atoms with Crippen LogP contribution in [0.3, 0.4) is 0 Å². The molecule has 146 valence electrons. The first-order valence-electron chi connectivity index (χ1n) is 9.55. The Morgan fingerprint density at radius 2 is 1.38 bits per heavy atom. The van der Waals surface area contributed by atoms with E-state index in [-0.39, 0.29) is 6.04 Å². The molecule has 0 aliphatic carbocycles. The molecular weight excluding hydrogens is 360 g/mol. The van der Waals surface area contributed by atoms with Crippen LogP contribution in [-0.2, 0) is 0 Å². The van der Waals surface area contributed by atoms with Gasteiger partial charge in [-0.1, -0.05) is 48.5 Å². The van der Waals surface area contributed by atoms with Crippen molar-refractivity contribution < 1.29 is 9.47 Å². The molecule has 4 nitrogen and oxygen atoms in total. The van der Waals surface area contributed by atoms with Crippen LogP contribution in [-0.4, -0.2) is 14.2 Å². The molecule has 1 aliphatic rings. The average Bonchev–Trinajstić information content (AvgIpc) is 3.23. The zero-order valence-electron chi connectivity index (χ0n) is 16.6. The van der Waals surface area contributed by atoms with Gasteiger partial charge in [-0.2, -0.15) is 0 Å². The number of hydrogen-bond acceptors (Lipinski definition) is 4. The minimum atomic E-state index is 0.0822. The van der Waals surface area contributed by atoms with Crippen LogP contribution in [0.15, 0.2) is 96.7 Å². The Morgan fingerprint density at radius 1 is 0.759 bits per heavy atom. The molecule has 4 rings (SSSR count). The maximum atomic E-state index is 5.30. The van der Waals surface area contributed by atoms with E-state index in [1.165, 1.54) is 5.56 Å². The average molecular weight is 384 g/mol. The van der Waals surface area contributed by atoms with Gasteiger partial charge in [-0.05, 0) is 59.7 Å². The summed E-state index contributed by atoms with van der Waals surface area (Å²) in [7, 11) is 3.36. The number of ether oxygens (including phenoxy) is 2. The summed E-state index contributed by atoms with van der Waals surface area (Å²) in [6.45, 7) is 0. The number of nitrogens with one attached hydrogen (secondary N) is 1. The van der Waals surface area contributed by atoms with Crippen molar-refractivity contribution in [3.8, 4) is 11.5 Å². The molecule has 0 fully saturated rings. The van der Waals surface area contributed by atoms with Crippen molar-refractivity contribution in [3.05, 3.63) is 108 Å². The number of benzene rings is 3. The Kier molecular flexibility index (Phi) is 5.52. The quantitative estimate of drug-likeness (QED) is 0.620. The van der Waals surface area contributed by atoms with Crippen LogP contribution in [0.5, 0.6) is 11.5 Å². The fraction of sp³-hybridized carbons (Fsp3) is 0.120. The predicted molar refractivity (Wildman–Crippen MR) is 118 cm³/mol. The summed E-state index contributed by atoms with van der Waals surface area (Å²) < 4.78 is 10.5. The van der Waals surface area contributed by atoms with E-state index in [9.17, 15) is 0 Å². The van der Waals surface area contributed by atoms with E-state index in [0.29, 0.717) is 0 Å². The molecule has 0 aromatic heterocycles. The molecule has 3 aromatic carbocycles. The van der Waals surface area contributed by atoms with Gasteiger partial charge in [-0.25, -0.2) is 0 Å². The molecule has 0 saturated carbocycles. The third-order valence-corrected chi connectivity index (χ3v) is 4.93. The second-order valence-corrected chi connectivity index (χ2v) is 6.76. The summed E-state index contributed by atoms with van der Waals surface area (Å²) in [4.78, 5) is 0. The topological polar surface area (TPSA) is 33.7 Å². The fourth-order valence-corrected chi connectivity index (χ4v) is 3.34. The minimum Gasteiger partial charge on any atom is -0.497 e. The van der Waals surface area contributed by atoms with E-state index in [4.69, 9.17) is 9.47 Å². The first-order valence-corrected chi connectivity index (χ1v) is 9.55. The second-order valence-electron chi connectivity index (χ2n) is 6.76. The fourth-order valence-electron chi connectivity index (χ4n) is 3.34. The number of nitrogens with zero attached hydrogens (tertiary/aromatic N) is 1. The summed E-state index contributed by atoms with van der Waals surface area (Å²) in [6.07, 6.45) is 6.42. The van der Waals surface area contributed by atoms with Crippen molar-refractivity contribution in [2.75, 3.05) is 19.2 Å². The highest BCUT2D eigenvalue weighted by Crippen LogP contribution is 2.33. The molecule has 29 heavy (non-hydrogen) atoms. The Bertz CT molecular complexity index is 993. The van der Waals surface area contributed by atoms with E-state index >= 15 is 0 Å². The molecule has 0 unspecified atom stereocenters. The van der Waals surface area contributed by atoms with Gasteiger partial charge in [-0.15, -0.1) is 0 Å². The Balaban J connectivity index is 1.61. The monoisotopic (exact) mass is 384 g/mol. The lowest BCUT2D eigenvalue weighted by molar-refractivity contribution is 0.414. The number of anilines is 1.